The van der Waals surface area contributed by atoms with Crippen LogP contribution < -0.4 is 10.2 Å². The molecule has 1 aromatic heterocycles. The van der Waals surface area contributed by atoms with E-state index in [1.54, 1.807) is 17.0 Å². The molecule has 132 valence electrons. The van der Waals surface area contributed by atoms with Crippen LogP contribution in [0.3, 0.4) is 0 Å². The minimum Gasteiger partial charge on any atom is -0.354 e. The first-order valence-corrected chi connectivity index (χ1v) is 8.46. The highest BCUT2D eigenvalue weighted by molar-refractivity contribution is 5.94. The molecule has 2 heterocycles. The first kappa shape index (κ1) is 17.1. The lowest BCUT2D eigenvalue weighted by Crippen LogP contribution is -2.49. The maximum atomic E-state index is 13.3. The predicted molar refractivity (Wildman–Crippen MR) is 95.4 cm³/mol. The van der Waals surface area contributed by atoms with Gasteiger partial charge in [0.25, 0.3) is 5.91 Å². The van der Waals surface area contributed by atoms with Gasteiger partial charge in [-0.15, -0.1) is 0 Å². The van der Waals surface area contributed by atoms with Crippen LogP contribution in [-0.2, 0) is 0 Å². The summed E-state index contributed by atoms with van der Waals surface area (Å²) in [5.74, 6) is 0.959. The fourth-order valence-electron chi connectivity index (χ4n) is 2.89. The second kappa shape index (κ2) is 7.46. The molecular formula is C18H22FN5O. The number of carbonyl (C=O) groups is 1. The standard InChI is InChI=1S/C18H22FN5O/c1-3-20-18-21-13(2)11-16(22-18)23-7-9-24(10-8-23)17(25)14-5-4-6-15(19)12-14/h4-6,11-12H,3,7-10H2,1-2H3,(H,20,21,22). The number of amides is 1. The Morgan fingerprint density at radius 1 is 1.20 bits per heavy atom. The number of rotatable bonds is 4. The van der Waals surface area contributed by atoms with Crippen molar-refractivity contribution in [3.63, 3.8) is 0 Å². The fraction of sp³-hybridized carbons (Fsp3) is 0.389. The Morgan fingerprint density at radius 2 is 1.96 bits per heavy atom. The summed E-state index contributed by atoms with van der Waals surface area (Å²) in [6, 6.07) is 7.78. The maximum absolute atomic E-state index is 13.3. The van der Waals surface area contributed by atoms with Gasteiger partial charge < -0.3 is 15.1 Å². The molecule has 1 amide bonds. The van der Waals surface area contributed by atoms with Gasteiger partial charge in [0.15, 0.2) is 0 Å². The lowest BCUT2D eigenvalue weighted by molar-refractivity contribution is 0.0746. The van der Waals surface area contributed by atoms with Crippen LogP contribution in [0.5, 0.6) is 0 Å². The van der Waals surface area contributed by atoms with E-state index in [1.165, 1.54) is 12.1 Å². The van der Waals surface area contributed by atoms with Gasteiger partial charge in [0.1, 0.15) is 11.6 Å². The van der Waals surface area contributed by atoms with E-state index in [-0.39, 0.29) is 5.91 Å². The Hall–Kier alpha value is -2.70. The van der Waals surface area contributed by atoms with Crippen LogP contribution in [0.1, 0.15) is 23.0 Å². The van der Waals surface area contributed by atoms with Crippen LogP contribution in [0, 0.1) is 12.7 Å². The van der Waals surface area contributed by atoms with Crippen molar-refractivity contribution in [1.82, 2.24) is 14.9 Å². The average molecular weight is 343 g/mol. The molecule has 0 radical (unpaired) electrons. The van der Waals surface area contributed by atoms with Crippen molar-refractivity contribution in [3.05, 3.63) is 47.4 Å². The Kier molecular flexibility index (Phi) is 5.11. The molecule has 0 saturated carbocycles. The summed E-state index contributed by atoms with van der Waals surface area (Å²) in [5.41, 5.74) is 1.29. The van der Waals surface area contributed by atoms with Gasteiger partial charge in [-0.3, -0.25) is 4.79 Å². The first-order valence-electron chi connectivity index (χ1n) is 8.46. The molecule has 1 fully saturated rings. The van der Waals surface area contributed by atoms with Crippen LogP contribution in [0.25, 0.3) is 0 Å². The van der Waals surface area contributed by atoms with Crippen LogP contribution in [0.15, 0.2) is 30.3 Å². The summed E-state index contributed by atoms with van der Waals surface area (Å²) in [4.78, 5) is 25.3. The lowest BCUT2D eigenvalue weighted by Gasteiger charge is -2.35. The molecule has 1 N–H and O–H groups in total. The number of nitrogens with zero attached hydrogens (tertiary/aromatic N) is 4. The van der Waals surface area contributed by atoms with Gasteiger partial charge in [0.05, 0.1) is 0 Å². The van der Waals surface area contributed by atoms with Crippen molar-refractivity contribution < 1.29 is 9.18 Å². The summed E-state index contributed by atoms with van der Waals surface area (Å²) in [5, 5.41) is 3.13. The largest absolute Gasteiger partial charge is 0.354 e. The van der Waals surface area contributed by atoms with Gasteiger partial charge in [0, 0.05) is 50.0 Å². The Balaban J connectivity index is 1.66. The molecule has 2 aromatic rings. The number of carbonyl (C=O) groups excluding carboxylic acids is 1. The smallest absolute Gasteiger partial charge is 0.254 e. The molecule has 0 bridgehead atoms. The molecule has 0 unspecified atom stereocenters. The molecule has 25 heavy (non-hydrogen) atoms. The number of benzene rings is 1. The number of anilines is 2. The van der Waals surface area contributed by atoms with Crippen molar-refractivity contribution in [2.75, 3.05) is 42.9 Å². The van der Waals surface area contributed by atoms with E-state index in [0.29, 0.717) is 37.7 Å². The Morgan fingerprint density at radius 3 is 2.64 bits per heavy atom. The molecule has 3 rings (SSSR count). The Bertz CT molecular complexity index is 759. The number of aromatic nitrogens is 2. The van der Waals surface area contributed by atoms with Gasteiger partial charge in [-0.1, -0.05) is 6.07 Å². The zero-order valence-electron chi connectivity index (χ0n) is 14.5. The minimum absolute atomic E-state index is 0.133. The van der Waals surface area contributed by atoms with E-state index >= 15 is 0 Å². The number of nitrogens with one attached hydrogen (secondary N) is 1. The molecule has 1 aliphatic heterocycles. The summed E-state index contributed by atoms with van der Waals surface area (Å²) in [7, 11) is 0. The number of halogens is 1. The number of piperazine rings is 1. The highest BCUT2D eigenvalue weighted by Gasteiger charge is 2.23. The molecule has 0 spiro atoms. The molecule has 6 nitrogen and oxygen atoms in total. The number of hydrogen-bond acceptors (Lipinski definition) is 5. The molecule has 1 aliphatic rings. The topological polar surface area (TPSA) is 61.4 Å². The Labute approximate surface area is 146 Å². The van der Waals surface area contributed by atoms with E-state index in [1.807, 2.05) is 19.9 Å². The van der Waals surface area contributed by atoms with E-state index in [0.717, 1.165) is 18.1 Å². The van der Waals surface area contributed by atoms with Crippen molar-refractivity contribution in [2.45, 2.75) is 13.8 Å². The SMILES string of the molecule is CCNc1nc(C)cc(N2CCN(C(=O)c3cccc(F)c3)CC2)n1. The van der Waals surface area contributed by atoms with E-state index < -0.39 is 5.82 Å². The highest BCUT2D eigenvalue weighted by atomic mass is 19.1. The van der Waals surface area contributed by atoms with Crippen molar-refractivity contribution in [1.29, 1.82) is 0 Å². The summed E-state index contributed by atoms with van der Waals surface area (Å²) in [6.45, 7) is 7.23. The third-order valence-electron chi connectivity index (χ3n) is 4.14. The molecule has 0 aliphatic carbocycles. The van der Waals surface area contributed by atoms with Crippen molar-refractivity contribution in [2.24, 2.45) is 0 Å². The molecule has 7 heteroatoms. The van der Waals surface area contributed by atoms with Crippen LogP contribution >= 0.6 is 0 Å². The average Bonchev–Trinajstić information content (AvgIpc) is 2.61. The third-order valence-corrected chi connectivity index (χ3v) is 4.14. The van der Waals surface area contributed by atoms with Gasteiger partial charge in [-0.25, -0.2) is 9.37 Å². The lowest BCUT2D eigenvalue weighted by atomic mass is 10.1. The van der Waals surface area contributed by atoms with Gasteiger partial charge in [0.2, 0.25) is 5.95 Å². The van der Waals surface area contributed by atoms with Crippen molar-refractivity contribution in [3.8, 4) is 0 Å². The monoisotopic (exact) mass is 343 g/mol. The van der Waals surface area contributed by atoms with Crippen molar-refractivity contribution >= 4 is 17.7 Å². The second-order valence-electron chi connectivity index (χ2n) is 6.01. The molecule has 1 saturated heterocycles. The van der Waals surface area contributed by atoms with Crippen LogP contribution in [0.2, 0.25) is 0 Å². The van der Waals surface area contributed by atoms with Crippen LogP contribution in [-0.4, -0.2) is 53.5 Å². The predicted octanol–water partition coefficient (Wildman–Crippen LogP) is 2.32. The maximum Gasteiger partial charge on any atom is 0.254 e. The van der Waals surface area contributed by atoms with E-state index in [9.17, 15) is 9.18 Å². The number of aryl methyl sites for hydroxylation is 1. The van der Waals surface area contributed by atoms with E-state index in [4.69, 9.17) is 0 Å². The summed E-state index contributed by atoms with van der Waals surface area (Å²) in [6.07, 6.45) is 0. The first-order chi connectivity index (χ1) is 12.1. The second-order valence-corrected chi connectivity index (χ2v) is 6.01. The van der Waals surface area contributed by atoms with E-state index in [2.05, 4.69) is 20.2 Å². The fourth-order valence-corrected chi connectivity index (χ4v) is 2.89. The quantitative estimate of drug-likeness (QED) is 0.923. The number of hydrogen-bond donors (Lipinski definition) is 1. The van der Waals surface area contributed by atoms with Gasteiger partial charge in [-0.05, 0) is 32.0 Å². The van der Waals surface area contributed by atoms with Gasteiger partial charge >= 0.3 is 0 Å². The van der Waals surface area contributed by atoms with Crippen LogP contribution in [0.4, 0.5) is 16.2 Å². The highest BCUT2D eigenvalue weighted by Crippen LogP contribution is 2.18. The zero-order valence-corrected chi connectivity index (χ0v) is 14.5. The van der Waals surface area contributed by atoms with Gasteiger partial charge in [-0.2, -0.15) is 4.98 Å². The summed E-state index contributed by atoms with van der Waals surface area (Å²) < 4.78 is 13.3. The molecule has 0 atom stereocenters. The normalized spacial score (nSPS) is 14.5. The molecule has 1 aromatic carbocycles. The summed E-state index contributed by atoms with van der Waals surface area (Å²) >= 11 is 0. The zero-order chi connectivity index (χ0) is 17.8. The third kappa shape index (κ3) is 4.04. The minimum atomic E-state index is -0.392. The molecular weight excluding hydrogens is 321 g/mol.